The Labute approximate surface area is 116 Å². The molecular formula is C14H27N3O2. The molecule has 0 aromatic rings. The third-order valence-corrected chi connectivity index (χ3v) is 3.78. The molecular weight excluding hydrogens is 242 g/mol. The number of carbonyl (C=O) groups is 1. The Morgan fingerprint density at radius 3 is 2.58 bits per heavy atom. The number of likely N-dealkylation sites (tertiary alicyclic amines) is 1. The van der Waals surface area contributed by atoms with Crippen LogP contribution in [0.4, 0.5) is 4.79 Å². The second-order valence-corrected chi connectivity index (χ2v) is 6.48. The molecule has 0 aromatic carbocycles. The van der Waals surface area contributed by atoms with Crippen molar-refractivity contribution >= 4 is 6.09 Å². The molecule has 0 aromatic heterocycles. The van der Waals surface area contributed by atoms with E-state index in [1.54, 1.807) is 4.90 Å². The van der Waals surface area contributed by atoms with Crippen LogP contribution in [0.1, 0.15) is 40.5 Å². The van der Waals surface area contributed by atoms with Gasteiger partial charge < -0.3 is 15.0 Å². The van der Waals surface area contributed by atoms with Gasteiger partial charge >= 0.3 is 6.09 Å². The van der Waals surface area contributed by atoms with Crippen molar-refractivity contribution in [3.8, 4) is 0 Å². The van der Waals surface area contributed by atoms with Crippen molar-refractivity contribution in [2.75, 3.05) is 26.2 Å². The molecule has 2 rings (SSSR count). The van der Waals surface area contributed by atoms with Crippen LogP contribution < -0.4 is 5.32 Å². The van der Waals surface area contributed by atoms with Crippen LogP contribution in [-0.2, 0) is 4.74 Å². The van der Waals surface area contributed by atoms with Crippen LogP contribution in [0.15, 0.2) is 0 Å². The summed E-state index contributed by atoms with van der Waals surface area (Å²) in [6.07, 6.45) is 2.79. The molecule has 5 heteroatoms. The summed E-state index contributed by atoms with van der Waals surface area (Å²) in [5.41, 5.74) is -0.403. The number of nitrogens with zero attached hydrogens (tertiary/aromatic N) is 2. The Balaban J connectivity index is 1.79. The number of hydrogen-bond acceptors (Lipinski definition) is 4. The molecule has 110 valence electrons. The Morgan fingerprint density at radius 1 is 1.42 bits per heavy atom. The van der Waals surface area contributed by atoms with Crippen molar-refractivity contribution in [3.63, 3.8) is 0 Å². The van der Waals surface area contributed by atoms with E-state index in [-0.39, 0.29) is 6.09 Å². The van der Waals surface area contributed by atoms with Gasteiger partial charge in [-0.3, -0.25) is 4.90 Å². The maximum Gasteiger partial charge on any atom is 0.410 e. The van der Waals surface area contributed by atoms with Crippen molar-refractivity contribution in [2.24, 2.45) is 0 Å². The molecule has 0 radical (unpaired) electrons. The van der Waals surface area contributed by atoms with Gasteiger partial charge in [0.15, 0.2) is 0 Å². The van der Waals surface area contributed by atoms with Crippen LogP contribution in [-0.4, -0.2) is 59.9 Å². The van der Waals surface area contributed by atoms with E-state index in [2.05, 4.69) is 17.1 Å². The molecule has 0 spiro atoms. The topological polar surface area (TPSA) is 44.8 Å². The van der Waals surface area contributed by atoms with Gasteiger partial charge in [0.25, 0.3) is 0 Å². The number of likely N-dealkylation sites (N-methyl/N-ethyl adjacent to an activating group) is 1. The van der Waals surface area contributed by atoms with Crippen molar-refractivity contribution < 1.29 is 9.53 Å². The fraction of sp³-hybridized carbons (Fsp3) is 0.929. The number of ether oxygens (including phenoxy) is 1. The normalized spacial score (nSPS) is 24.7. The number of nitrogens with one attached hydrogen (secondary N) is 1. The molecule has 0 saturated carbocycles. The molecule has 1 N–H and O–H groups in total. The van der Waals surface area contributed by atoms with Gasteiger partial charge in [0, 0.05) is 19.1 Å². The fourth-order valence-corrected chi connectivity index (χ4v) is 2.82. The predicted octanol–water partition coefficient (Wildman–Crippen LogP) is 1.64. The lowest BCUT2D eigenvalue weighted by Crippen LogP contribution is -2.64. The number of amides is 1. The lowest BCUT2D eigenvalue weighted by atomic mass is 10.1. The van der Waals surface area contributed by atoms with E-state index in [1.165, 1.54) is 12.8 Å². The lowest BCUT2D eigenvalue weighted by Gasteiger charge is -2.47. The van der Waals surface area contributed by atoms with Crippen LogP contribution in [0, 0.1) is 0 Å². The third-order valence-electron chi connectivity index (χ3n) is 3.78. The summed E-state index contributed by atoms with van der Waals surface area (Å²) < 4.78 is 5.38. The average Bonchev–Trinajstić information content (AvgIpc) is 2.72. The predicted molar refractivity (Wildman–Crippen MR) is 75.0 cm³/mol. The summed E-state index contributed by atoms with van der Waals surface area (Å²) in [5.74, 6) is 0. The standard InChI is InChI=1S/C14H27N3O2/c1-5-17(12-7-6-8-15-12)11-9-16(10-11)13(18)19-14(2,3)4/h11-12,15H,5-10H2,1-4H3. The molecule has 1 amide bonds. The molecule has 1 atom stereocenters. The minimum absolute atomic E-state index is 0.181. The molecule has 2 saturated heterocycles. The summed E-state index contributed by atoms with van der Waals surface area (Å²) >= 11 is 0. The first-order valence-electron chi connectivity index (χ1n) is 7.38. The van der Waals surface area contributed by atoms with Gasteiger partial charge in [-0.05, 0) is 46.7 Å². The van der Waals surface area contributed by atoms with E-state index < -0.39 is 5.60 Å². The van der Waals surface area contributed by atoms with Crippen LogP contribution in [0.25, 0.3) is 0 Å². The Bertz CT molecular complexity index is 315. The van der Waals surface area contributed by atoms with Gasteiger partial charge in [-0.15, -0.1) is 0 Å². The SMILES string of the molecule is CCN(C1CN(C(=O)OC(C)(C)C)C1)C1CCCN1. The number of rotatable bonds is 3. The van der Waals surface area contributed by atoms with Gasteiger partial charge in [0.05, 0.1) is 6.17 Å². The largest absolute Gasteiger partial charge is 0.444 e. The van der Waals surface area contributed by atoms with E-state index in [0.29, 0.717) is 12.2 Å². The molecule has 2 aliphatic heterocycles. The second-order valence-electron chi connectivity index (χ2n) is 6.48. The first-order chi connectivity index (χ1) is 8.90. The summed E-state index contributed by atoms with van der Waals surface area (Å²) in [4.78, 5) is 16.2. The van der Waals surface area contributed by atoms with E-state index in [0.717, 1.165) is 26.2 Å². The molecule has 19 heavy (non-hydrogen) atoms. The van der Waals surface area contributed by atoms with E-state index in [1.807, 2.05) is 20.8 Å². The highest BCUT2D eigenvalue weighted by Gasteiger charge is 2.39. The highest BCUT2D eigenvalue weighted by atomic mass is 16.6. The summed E-state index contributed by atoms with van der Waals surface area (Å²) in [7, 11) is 0. The molecule has 2 fully saturated rings. The van der Waals surface area contributed by atoms with Crippen molar-refractivity contribution in [3.05, 3.63) is 0 Å². The van der Waals surface area contributed by atoms with Gasteiger partial charge in [-0.2, -0.15) is 0 Å². The minimum Gasteiger partial charge on any atom is -0.444 e. The molecule has 0 bridgehead atoms. The quantitative estimate of drug-likeness (QED) is 0.846. The maximum absolute atomic E-state index is 11.9. The molecule has 2 heterocycles. The average molecular weight is 269 g/mol. The van der Waals surface area contributed by atoms with Crippen LogP contribution in [0.5, 0.6) is 0 Å². The third kappa shape index (κ3) is 3.60. The van der Waals surface area contributed by atoms with Crippen molar-refractivity contribution in [1.82, 2.24) is 15.1 Å². The highest BCUT2D eigenvalue weighted by molar-refractivity contribution is 5.69. The van der Waals surface area contributed by atoms with Crippen LogP contribution in [0.2, 0.25) is 0 Å². The minimum atomic E-state index is -0.403. The zero-order valence-corrected chi connectivity index (χ0v) is 12.6. The molecule has 2 aliphatic rings. The first kappa shape index (κ1) is 14.6. The second kappa shape index (κ2) is 5.67. The van der Waals surface area contributed by atoms with E-state index >= 15 is 0 Å². The zero-order valence-electron chi connectivity index (χ0n) is 12.6. The molecule has 5 nitrogen and oxygen atoms in total. The lowest BCUT2D eigenvalue weighted by molar-refractivity contribution is -0.0251. The number of carbonyl (C=O) groups excluding carboxylic acids is 1. The Kier molecular flexibility index (Phi) is 4.36. The van der Waals surface area contributed by atoms with Gasteiger partial charge in [-0.1, -0.05) is 6.92 Å². The Morgan fingerprint density at radius 2 is 2.11 bits per heavy atom. The smallest absolute Gasteiger partial charge is 0.410 e. The number of hydrogen-bond donors (Lipinski definition) is 1. The fourth-order valence-electron chi connectivity index (χ4n) is 2.82. The monoisotopic (exact) mass is 269 g/mol. The summed E-state index contributed by atoms with van der Waals surface area (Å²) in [6, 6.07) is 0.480. The highest BCUT2D eigenvalue weighted by Crippen LogP contribution is 2.22. The van der Waals surface area contributed by atoms with E-state index in [4.69, 9.17) is 4.74 Å². The van der Waals surface area contributed by atoms with Gasteiger partial charge in [-0.25, -0.2) is 4.79 Å². The zero-order chi connectivity index (χ0) is 14.0. The molecule has 0 aliphatic carbocycles. The maximum atomic E-state index is 11.9. The van der Waals surface area contributed by atoms with Gasteiger partial charge in [0.2, 0.25) is 0 Å². The van der Waals surface area contributed by atoms with Crippen LogP contribution in [0.3, 0.4) is 0 Å². The van der Waals surface area contributed by atoms with Crippen LogP contribution >= 0.6 is 0 Å². The van der Waals surface area contributed by atoms with E-state index in [9.17, 15) is 4.79 Å². The summed E-state index contributed by atoms with van der Waals surface area (Å²) in [6.45, 7) is 11.6. The summed E-state index contributed by atoms with van der Waals surface area (Å²) in [5, 5.41) is 3.53. The van der Waals surface area contributed by atoms with Gasteiger partial charge in [0.1, 0.15) is 5.60 Å². The molecule has 1 unspecified atom stereocenters. The van der Waals surface area contributed by atoms with Crippen molar-refractivity contribution in [1.29, 1.82) is 0 Å². The van der Waals surface area contributed by atoms with Crippen molar-refractivity contribution in [2.45, 2.75) is 58.3 Å². The Hall–Kier alpha value is -0.810. The first-order valence-corrected chi connectivity index (χ1v) is 7.38.